The van der Waals surface area contributed by atoms with Gasteiger partial charge in [0.2, 0.25) is 5.91 Å². The van der Waals surface area contributed by atoms with E-state index in [0.717, 1.165) is 31.2 Å². The number of carboxylic acids is 1. The van der Waals surface area contributed by atoms with E-state index in [2.05, 4.69) is 4.98 Å². The van der Waals surface area contributed by atoms with Gasteiger partial charge in [0.15, 0.2) is 0 Å². The third-order valence-corrected chi connectivity index (χ3v) is 4.28. The molecule has 1 aliphatic rings. The number of carbonyl (C=O) groups excluding carboxylic acids is 1. The summed E-state index contributed by atoms with van der Waals surface area (Å²) in [5.41, 5.74) is 1.01. The van der Waals surface area contributed by atoms with Gasteiger partial charge >= 0.3 is 5.97 Å². The lowest BCUT2D eigenvalue weighted by atomic mass is 9.88. The molecule has 0 saturated heterocycles. The topological polar surface area (TPSA) is 70.5 Å². The lowest BCUT2D eigenvalue weighted by molar-refractivity contribution is -0.140. The van der Waals surface area contributed by atoms with Crippen LogP contribution in [0.1, 0.15) is 44.6 Å². The number of aryl methyl sites for hydroxylation is 1. The average Bonchev–Trinajstić information content (AvgIpc) is 2.52. The largest absolute Gasteiger partial charge is 0.481 e. The van der Waals surface area contributed by atoms with Crippen molar-refractivity contribution in [3.63, 3.8) is 0 Å². The van der Waals surface area contributed by atoms with Crippen molar-refractivity contribution >= 4 is 17.7 Å². The zero-order valence-electron chi connectivity index (χ0n) is 13.3. The summed E-state index contributed by atoms with van der Waals surface area (Å²) in [6, 6.07) is 3.71. The van der Waals surface area contributed by atoms with Crippen LogP contribution in [0.15, 0.2) is 18.3 Å². The van der Waals surface area contributed by atoms with Crippen molar-refractivity contribution in [2.75, 3.05) is 11.4 Å². The Morgan fingerprint density at radius 3 is 2.64 bits per heavy atom. The molecule has 0 spiro atoms. The Labute approximate surface area is 131 Å². The van der Waals surface area contributed by atoms with Crippen LogP contribution in [0.3, 0.4) is 0 Å². The van der Waals surface area contributed by atoms with E-state index in [1.165, 1.54) is 6.42 Å². The maximum absolute atomic E-state index is 12.9. The Morgan fingerprint density at radius 1 is 1.36 bits per heavy atom. The van der Waals surface area contributed by atoms with E-state index in [0.29, 0.717) is 5.82 Å². The minimum Gasteiger partial charge on any atom is -0.481 e. The highest BCUT2D eigenvalue weighted by Crippen LogP contribution is 2.27. The van der Waals surface area contributed by atoms with Crippen molar-refractivity contribution in [3.05, 3.63) is 23.9 Å². The van der Waals surface area contributed by atoms with Crippen LogP contribution in [-0.4, -0.2) is 28.5 Å². The Morgan fingerprint density at radius 2 is 2.05 bits per heavy atom. The smallest absolute Gasteiger partial charge is 0.308 e. The number of nitrogens with zero attached hydrogens (tertiary/aromatic N) is 2. The molecule has 1 amide bonds. The van der Waals surface area contributed by atoms with Crippen LogP contribution in [0.4, 0.5) is 5.82 Å². The maximum Gasteiger partial charge on any atom is 0.308 e. The van der Waals surface area contributed by atoms with E-state index in [1.54, 1.807) is 18.0 Å². The van der Waals surface area contributed by atoms with E-state index < -0.39 is 11.9 Å². The number of hydrogen-bond donors (Lipinski definition) is 1. The Bertz CT molecular complexity index is 538. The highest BCUT2D eigenvalue weighted by atomic mass is 16.4. The SMILES string of the molecule is Cc1ccnc(N(CC(C)C(=O)O)C(=O)C2CCCCC2)c1. The monoisotopic (exact) mass is 304 g/mol. The van der Waals surface area contributed by atoms with Gasteiger partial charge in [-0.25, -0.2) is 4.98 Å². The number of pyridine rings is 1. The van der Waals surface area contributed by atoms with Crippen LogP contribution in [0.25, 0.3) is 0 Å². The standard InChI is InChI=1S/C17H24N2O3/c1-12-8-9-18-15(10-12)19(11-13(2)17(21)22)16(20)14-6-4-3-5-7-14/h8-10,13-14H,3-7,11H2,1-2H3,(H,21,22). The Balaban J connectivity index is 2.23. The summed E-state index contributed by atoms with van der Waals surface area (Å²) in [6.45, 7) is 3.73. The summed E-state index contributed by atoms with van der Waals surface area (Å²) in [4.78, 5) is 29.9. The highest BCUT2D eigenvalue weighted by Gasteiger charge is 2.29. The van der Waals surface area contributed by atoms with Crippen molar-refractivity contribution in [2.45, 2.75) is 46.0 Å². The molecular formula is C17H24N2O3. The van der Waals surface area contributed by atoms with Crippen molar-refractivity contribution in [2.24, 2.45) is 11.8 Å². The van der Waals surface area contributed by atoms with Gasteiger partial charge in [-0.1, -0.05) is 26.2 Å². The minimum atomic E-state index is -0.894. The molecule has 1 atom stereocenters. The van der Waals surface area contributed by atoms with Gasteiger partial charge in [0.05, 0.1) is 5.92 Å². The lowest BCUT2D eigenvalue weighted by Gasteiger charge is -2.30. The number of carbonyl (C=O) groups is 2. The summed E-state index contributed by atoms with van der Waals surface area (Å²) >= 11 is 0. The van der Waals surface area contributed by atoms with E-state index in [9.17, 15) is 9.59 Å². The summed E-state index contributed by atoms with van der Waals surface area (Å²) in [5.74, 6) is -0.935. The van der Waals surface area contributed by atoms with Gasteiger partial charge in [0.25, 0.3) is 0 Å². The number of carboxylic acid groups (broad SMARTS) is 1. The van der Waals surface area contributed by atoms with Gasteiger partial charge in [-0.2, -0.15) is 0 Å². The molecule has 1 saturated carbocycles. The molecule has 5 nitrogen and oxygen atoms in total. The number of anilines is 1. The van der Waals surface area contributed by atoms with Gasteiger partial charge in [-0.3, -0.25) is 14.5 Å². The zero-order valence-corrected chi connectivity index (χ0v) is 13.3. The van der Waals surface area contributed by atoms with Crippen LogP contribution in [0, 0.1) is 18.8 Å². The van der Waals surface area contributed by atoms with Crippen molar-refractivity contribution < 1.29 is 14.7 Å². The molecule has 0 aromatic carbocycles. The number of rotatable bonds is 5. The molecule has 1 aliphatic carbocycles. The van der Waals surface area contributed by atoms with Crippen LogP contribution in [0.2, 0.25) is 0 Å². The molecule has 1 heterocycles. The third-order valence-electron chi connectivity index (χ3n) is 4.28. The number of amides is 1. The average molecular weight is 304 g/mol. The molecule has 2 rings (SSSR count). The van der Waals surface area contributed by atoms with Crippen LogP contribution >= 0.6 is 0 Å². The second-order valence-corrected chi connectivity index (χ2v) is 6.21. The van der Waals surface area contributed by atoms with E-state index in [-0.39, 0.29) is 18.4 Å². The second kappa shape index (κ2) is 7.38. The first-order valence-electron chi connectivity index (χ1n) is 7.96. The van der Waals surface area contributed by atoms with Gasteiger partial charge in [0.1, 0.15) is 5.82 Å². The quantitative estimate of drug-likeness (QED) is 0.907. The van der Waals surface area contributed by atoms with Crippen molar-refractivity contribution in [1.82, 2.24) is 4.98 Å². The Hall–Kier alpha value is -1.91. The van der Waals surface area contributed by atoms with E-state index in [4.69, 9.17) is 5.11 Å². The summed E-state index contributed by atoms with van der Waals surface area (Å²) < 4.78 is 0. The number of hydrogen-bond acceptors (Lipinski definition) is 3. The molecular weight excluding hydrogens is 280 g/mol. The molecule has 22 heavy (non-hydrogen) atoms. The molecule has 1 aromatic heterocycles. The number of aliphatic carboxylic acids is 1. The molecule has 1 aromatic rings. The fraction of sp³-hybridized carbons (Fsp3) is 0.588. The second-order valence-electron chi connectivity index (χ2n) is 6.21. The Kier molecular flexibility index (Phi) is 5.52. The van der Waals surface area contributed by atoms with E-state index >= 15 is 0 Å². The lowest BCUT2D eigenvalue weighted by Crippen LogP contribution is -2.41. The van der Waals surface area contributed by atoms with E-state index in [1.807, 2.05) is 19.1 Å². The van der Waals surface area contributed by atoms with Crippen LogP contribution in [0.5, 0.6) is 0 Å². The zero-order chi connectivity index (χ0) is 16.1. The first-order chi connectivity index (χ1) is 10.5. The van der Waals surface area contributed by atoms with Gasteiger partial charge in [-0.15, -0.1) is 0 Å². The fourth-order valence-electron chi connectivity index (χ4n) is 2.89. The minimum absolute atomic E-state index is 0.00272. The molecule has 0 radical (unpaired) electrons. The first kappa shape index (κ1) is 16.5. The van der Waals surface area contributed by atoms with Crippen LogP contribution in [-0.2, 0) is 9.59 Å². The highest BCUT2D eigenvalue weighted by molar-refractivity contribution is 5.94. The normalized spacial score (nSPS) is 17.0. The predicted molar refractivity (Wildman–Crippen MR) is 84.7 cm³/mol. The fourth-order valence-corrected chi connectivity index (χ4v) is 2.89. The summed E-state index contributed by atoms with van der Waals surface area (Å²) in [7, 11) is 0. The molecule has 5 heteroatoms. The third kappa shape index (κ3) is 4.06. The molecule has 1 N–H and O–H groups in total. The summed E-state index contributed by atoms with van der Waals surface area (Å²) in [5, 5.41) is 9.17. The molecule has 0 bridgehead atoms. The molecule has 0 aliphatic heterocycles. The van der Waals surface area contributed by atoms with Crippen LogP contribution < -0.4 is 4.90 Å². The molecule has 1 fully saturated rings. The van der Waals surface area contributed by atoms with Gasteiger partial charge < -0.3 is 5.11 Å². The maximum atomic E-state index is 12.9. The van der Waals surface area contributed by atoms with Crippen molar-refractivity contribution in [3.8, 4) is 0 Å². The number of aromatic nitrogens is 1. The molecule has 1 unspecified atom stereocenters. The van der Waals surface area contributed by atoms with Crippen molar-refractivity contribution in [1.29, 1.82) is 0 Å². The predicted octanol–water partition coefficient (Wildman–Crippen LogP) is 3.02. The van der Waals surface area contributed by atoms with Gasteiger partial charge in [-0.05, 0) is 37.5 Å². The first-order valence-corrected chi connectivity index (χ1v) is 7.96. The molecule has 120 valence electrons. The van der Waals surface area contributed by atoms with Gasteiger partial charge in [0, 0.05) is 18.7 Å². The summed E-state index contributed by atoms with van der Waals surface area (Å²) in [6.07, 6.45) is 6.76.